The van der Waals surface area contributed by atoms with Gasteiger partial charge in [0.05, 0.1) is 16.9 Å². The second kappa shape index (κ2) is 6.54. The molecular weight excluding hydrogens is 358 g/mol. The van der Waals surface area contributed by atoms with Crippen molar-refractivity contribution >= 4 is 28.8 Å². The summed E-state index contributed by atoms with van der Waals surface area (Å²) in [7, 11) is 0. The van der Waals surface area contributed by atoms with Crippen molar-refractivity contribution in [3.05, 3.63) is 64.6 Å². The Balaban J connectivity index is 1.90. The van der Waals surface area contributed by atoms with Gasteiger partial charge in [0.25, 0.3) is 0 Å². The molecular formula is C22H22ClN3O. The number of carbonyl (C=O) groups excluding carboxylic acids is 1. The third-order valence-corrected chi connectivity index (χ3v) is 5.56. The molecule has 0 spiro atoms. The van der Waals surface area contributed by atoms with Crippen molar-refractivity contribution in [3.63, 3.8) is 0 Å². The lowest BCUT2D eigenvalue weighted by Gasteiger charge is -2.28. The average Bonchev–Trinajstić information content (AvgIpc) is 2.97. The molecule has 1 aromatic carbocycles. The van der Waals surface area contributed by atoms with Crippen LogP contribution in [0, 0.1) is 12.3 Å². The molecule has 0 aliphatic heterocycles. The molecule has 4 nitrogen and oxygen atoms in total. The molecule has 0 fully saturated rings. The van der Waals surface area contributed by atoms with Crippen molar-refractivity contribution in [2.45, 2.75) is 33.6 Å². The number of nitrogens with one attached hydrogen (secondary N) is 2. The van der Waals surface area contributed by atoms with Gasteiger partial charge in [-0.2, -0.15) is 0 Å². The van der Waals surface area contributed by atoms with E-state index in [0.29, 0.717) is 11.4 Å². The van der Waals surface area contributed by atoms with Crippen molar-refractivity contribution in [2.75, 3.05) is 5.32 Å². The minimum Gasteiger partial charge on any atom is -0.356 e. The van der Waals surface area contributed by atoms with Gasteiger partial charge in [-0.05, 0) is 48.6 Å². The number of hydrogen-bond acceptors (Lipinski definition) is 3. The van der Waals surface area contributed by atoms with Gasteiger partial charge >= 0.3 is 0 Å². The highest BCUT2D eigenvalue weighted by atomic mass is 35.5. The molecule has 0 unspecified atom stereocenters. The fraction of sp³-hybridized carbons (Fsp3) is 0.273. The largest absolute Gasteiger partial charge is 0.356 e. The summed E-state index contributed by atoms with van der Waals surface area (Å²) in [5.41, 5.74) is 6.29. The molecule has 0 saturated carbocycles. The van der Waals surface area contributed by atoms with E-state index in [1.54, 1.807) is 12.4 Å². The van der Waals surface area contributed by atoms with Crippen LogP contribution in [0.15, 0.2) is 42.7 Å². The van der Waals surface area contributed by atoms with Crippen LogP contribution in [0.5, 0.6) is 0 Å². The van der Waals surface area contributed by atoms with Crippen LogP contribution in [-0.2, 0) is 6.42 Å². The van der Waals surface area contributed by atoms with Gasteiger partial charge in [-0.15, -0.1) is 0 Å². The molecule has 0 radical (unpaired) electrons. The number of benzene rings is 1. The Labute approximate surface area is 164 Å². The average molecular weight is 380 g/mol. The molecule has 2 aromatic heterocycles. The molecule has 3 aromatic rings. The number of hydrogen-bond donors (Lipinski definition) is 2. The van der Waals surface area contributed by atoms with E-state index in [-0.39, 0.29) is 11.2 Å². The van der Waals surface area contributed by atoms with Crippen LogP contribution >= 0.6 is 11.6 Å². The second-order valence-electron chi connectivity index (χ2n) is 7.94. The van der Waals surface area contributed by atoms with E-state index in [2.05, 4.69) is 29.1 Å². The highest BCUT2D eigenvalue weighted by molar-refractivity contribution is 6.31. The molecule has 1 aliphatic rings. The van der Waals surface area contributed by atoms with Crippen LogP contribution in [0.2, 0.25) is 5.02 Å². The third-order valence-electron chi connectivity index (χ3n) is 5.15. The van der Waals surface area contributed by atoms with Crippen LogP contribution in [0.1, 0.15) is 41.9 Å². The first kappa shape index (κ1) is 17.8. The number of H-pyrrole nitrogens is 1. The van der Waals surface area contributed by atoms with Gasteiger partial charge in [0.15, 0.2) is 5.78 Å². The minimum atomic E-state index is -0.0479. The number of anilines is 2. The molecule has 0 saturated heterocycles. The number of rotatable bonds is 3. The van der Waals surface area contributed by atoms with Crippen molar-refractivity contribution in [1.29, 1.82) is 0 Å². The topological polar surface area (TPSA) is 57.8 Å². The molecule has 27 heavy (non-hydrogen) atoms. The van der Waals surface area contributed by atoms with Gasteiger partial charge in [-0.1, -0.05) is 31.5 Å². The number of fused-ring (bicyclic) bond motifs is 1. The molecule has 0 bridgehead atoms. The maximum atomic E-state index is 13.0. The van der Waals surface area contributed by atoms with Crippen molar-refractivity contribution in [1.82, 2.24) is 9.97 Å². The molecule has 1 aliphatic carbocycles. The number of halogens is 1. The first-order valence-electron chi connectivity index (χ1n) is 9.06. The van der Waals surface area contributed by atoms with Crippen LogP contribution in [0.25, 0.3) is 11.3 Å². The van der Waals surface area contributed by atoms with Crippen molar-refractivity contribution in [3.8, 4) is 11.3 Å². The number of pyridine rings is 1. The van der Waals surface area contributed by atoms with Gasteiger partial charge < -0.3 is 10.3 Å². The number of Topliss-reactive ketones (excluding diaryl/α,β-unsaturated/α-hetero) is 1. The number of ketones is 1. The fourth-order valence-electron chi connectivity index (χ4n) is 3.79. The zero-order valence-corrected chi connectivity index (χ0v) is 16.4. The highest BCUT2D eigenvalue weighted by Crippen LogP contribution is 2.43. The summed E-state index contributed by atoms with van der Waals surface area (Å²) >= 11 is 6.30. The summed E-state index contributed by atoms with van der Waals surface area (Å²) in [4.78, 5) is 20.6. The Morgan fingerprint density at radius 3 is 2.63 bits per heavy atom. The van der Waals surface area contributed by atoms with Crippen molar-refractivity contribution in [2.24, 2.45) is 5.41 Å². The first-order chi connectivity index (χ1) is 12.9. The maximum Gasteiger partial charge on any atom is 0.167 e. The number of nitrogens with zero attached hydrogens (tertiary/aromatic N) is 1. The number of aromatic nitrogens is 2. The van der Waals surface area contributed by atoms with E-state index >= 15 is 0 Å². The Bertz CT molecular complexity index is 1020. The van der Waals surface area contributed by atoms with E-state index in [4.69, 9.17) is 11.6 Å². The predicted molar refractivity (Wildman–Crippen MR) is 110 cm³/mol. The number of aromatic amines is 1. The normalized spacial score (nSPS) is 15.5. The SMILES string of the molecule is Cc1c(Cl)cccc1Nc1c(-c2ccncc2)[nH]c2c1C(=O)CC(C)(C)C2. The Morgan fingerprint density at radius 2 is 1.89 bits per heavy atom. The molecule has 2 N–H and O–H groups in total. The quantitative estimate of drug-likeness (QED) is 0.592. The van der Waals surface area contributed by atoms with Gasteiger partial charge in [-0.25, -0.2) is 0 Å². The van der Waals surface area contributed by atoms with Crippen LogP contribution in [0.3, 0.4) is 0 Å². The van der Waals surface area contributed by atoms with Gasteiger partial charge in [0, 0.05) is 40.8 Å². The monoisotopic (exact) mass is 379 g/mol. The zero-order chi connectivity index (χ0) is 19.2. The highest BCUT2D eigenvalue weighted by Gasteiger charge is 2.35. The lowest BCUT2D eigenvalue weighted by molar-refractivity contribution is 0.0912. The second-order valence-corrected chi connectivity index (χ2v) is 8.35. The molecule has 4 rings (SSSR count). The Kier molecular flexibility index (Phi) is 4.31. The molecule has 2 heterocycles. The van der Waals surface area contributed by atoms with Crippen molar-refractivity contribution < 1.29 is 4.79 Å². The lowest BCUT2D eigenvalue weighted by Crippen LogP contribution is -2.26. The Hall–Kier alpha value is -2.59. The summed E-state index contributed by atoms with van der Waals surface area (Å²) in [6.07, 6.45) is 4.89. The van der Waals surface area contributed by atoms with Gasteiger partial charge in [0.1, 0.15) is 0 Å². The predicted octanol–water partition coefficient (Wildman–Crippen LogP) is 5.94. The maximum absolute atomic E-state index is 13.0. The van der Waals surface area contributed by atoms with Crippen LogP contribution in [-0.4, -0.2) is 15.8 Å². The standard InChI is InChI=1S/C22H22ClN3O/c1-13-15(23)5-4-6-16(13)25-21-19-17(11-22(2,3)12-18(19)27)26-20(21)14-7-9-24-10-8-14/h4-10,25-26H,11-12H2,1-3H3. The summed E-state index contributed by atoms with van der Waals surface area (Å²) in [5, 5.41) is 4.19. The van der Waals surface area contributed by atoms with E-state index in [1.165, 1.54) is 0 Å². The summed E-state index contributed by atoms with van der Waals surface area (Å²) < 4.78 is 0. The molecule has 0 atom stereocenters. The molecule has 0 amide bonds. The molecule has 5 heteroatoms. The Morgan fingerprint density at radius 1 is 1.15 bits per heavy atom. The zero-order valence-electron chi connectivity index (χ0n) is 15.7. The van der Waals surface area contributed by atoms with Gasteiger partial charge in [-0.3, -0.25) is 9.78 Å². The number of carbonyl (C=O) groups is 1. The summed E-state index contributed by atoms with van der Waals surface area (Å²) in [5.74, 6) is 0.167. The minimum absolute atomic E-state index is 0.0479. The summed E-state index contributed by atoms with van der Waals surface area (Å²) in [6.45, 7) is 6.24. The molecule has 138 valence electrons. The van der Waals surface area contributed by atoms with E-state index in [9.17, 15) is 4.79 Å². The first-order valence-corrected chi connectivity index (χ1v) is 9.44. The third kappa shape index (κ3) is 3.26. The van der Waals surface area contributed by atoms with E-state index < -0.39 is 0 Å². The van der Waals surface area contributed by atoms with Gasteiger partial charge in [0.2, 0.25) is 0 Å². The van der Waals surface area contributed by atoms with E-state index in [1.807, 2.05) is 37.3 Å². The van der Waals surface area contributed by atoms with E-state index in [0.717, 1.165) is 45.9 Å². The van der Waals surface area contributed by atoms with Crippen LogP contribution < -0.4 is 5.32 Å². The fourth-order valence-corrected chi connectivity index (χ4v) is 3.97. The lowest BCUT2D eigenvalue weighted by atomic mass is 9.76. The van der Waals surface area contributed by atoms with Crippen LogP contribution in [0.4, 0.5) is 11.4 Å². The summed E-state index contributed by atoms with van der Waals surface area (Å²) in [6, 6.07) is 9.65. The smallest absolute Gasteiger partial charge is 0.167 e.